The van der Waals surface area contributed by atoms with Crippen molar-refractivity contribution in [1.29, 1.82) is 0 Å². The highest BCUT2D eigenvalue weighted by atomic mass is 35.5. The summed E-state index contributed by atoms with van der Waals surface area (Å²) in [6, 6.07) is 5.10. The molecule has 0 aromatic carbocycles. The largest absolute Gasteiger partial charge is 0.357 e. The fraction of sp³-hybridized carbons (Fsp3) is 0.667. The Morgan fingerprint density at radius 3 is 2.75 bits per heavy atom. The second kappa shape index (κ2) is 7.81. The summed E-state index contributed by atoms with van der Waals surface area (Å²) < 4.78 is 0. The van der Waals surface area contributed by atoms with Crippen molar-refractivity contribution in [1.82, 2.24) is 9.88 Å². The lowest BCUT2D eigenvalue weighted by atomic mass is 10.1. The third-order valence-corrected chi connectivity index (χ3v) is 3.89. The zero-order chi connectivity index (χ0) is 13.8. The first kappa shape index (κ1) is 17.2. The van der Waals surface area contributed by atoms with Crippen molar-refractivity contribution in [3.8, 4) is 0 Å². The number of nitrogens with two attached hydrogens (primary N) is 1. The Balaban J connectivity index is 0.00000200. The van der Waals surface area contributed by atoms with Gasteiger partial charge in [-0.1, -0.05) is 6.07 Å². The second-order valence-corrected chi connectivity index (χ2v) is 5.87. The zero-order valence-electron chi connectivity index (χ0n) is 12.7. The maximum atomic E-state index is 6.01. The molecular formula is C15H27ClN4. The van der Waals surface area contributed by atoms with Crippen molar-refractivity contribution < 1.29 is 0 Å². The molecule has 1 aromatic rings. The molecule has 1 unspecified atom stereocenters. The van der Waals surface area contributed by atoms with E-state index in [2.05, 4.69) is 47.8 Å². The highest BCUT2D eigenvalue weighted by Crippen LogP contribution is 2.15. The van der Waals surface area contributed by atoms with Gasteiger partial charge in [0.05, 0.1) is 0 Å². The van der Waals surface area contributed by atoms with Crippen LogP contribution in [0.4, 0.5) is 5.82 Å². The van der Waals surface area contributed by atoms with Crippen LogP contribution in [0.2, 0.25) is 0 Å². The van der Waals surface area contributed by atoms with Crippen LogP contribution < -0.4 is 10.6 Å². The average molecular weight is 299 g/mol. The molecule has 1 aliphatic rings. The minimum absolute atomic E-state index is 0. The van der Waals surface area contributed by atoms with E-state index in [9.17, 15) is 0 Å². The molecule has 0 saturated carbocycles. The van der Waals surface area contributed by atoms with Crippen LogP contribution in [0.5, 0.6) is 0 Å². The van der Waals surface area contributed by atoms with Crippen LogP contribution in [0.3, 0.4) is 0 Å². The lowest BCUT2D eigenvalue weighted by molar-refractivity contribution is 0.201. The summed E-state index contributed by atoms with van der Waals surface area (Å²) in [5.41, 5.74) is 7.29. The predicted octanol–water partition coefficient (Wildman–Crippen LogP) is 2.27. The topological polar surface area (TPSA) is 45.4 Å². The molecule has 1 aromatic heterocycles. The van der Waals surface area contributed by atoms with Gasteiger partial charge in [-0.25, -0.2) is 4.98 Å². The summed E-state index contributed by atoms with van der Waals surface area (Å²) >= 11 is 0. The Kier molecular flexibility index (Phi) is 6.72. The van der Waals surface area contributed by atoms with Crippen molar-refractivity contribution in [3.05, 3.63) is 23.9 Å². The predicted molar refractivity (Wildman–Crippen MR) is 87.5 cm³/mol. The summed E-state index contributed by atoms with van der Waals surface area (Å²) in [6.45, 7) is 7.47. The van der Waals surface area contributed by atoms with Crippen LogP contribution in [0.15, 0.2) is 18.3 Å². The Hall–Kier alpha value is -0.840. The van der Waals surface area contributed by atoms with Gasteiger partial charge in [-0.05, 0) is 44.9 Å². The first-order valence-electron chi connectivity index (χ1n) is 7.22. The molecule has 1 aliphatic heterocycles. The van der Waals surface area contributed by atoms with E-state index >= 15 is 0 Å². The Bertz CT molecular complexity index is 393. The van der Waals surface area contributed by atoms with Gasteiger partial charge in [0, 0.05) is 38.4 Å². The molecule has 5 heteroatoms. The van der Waals surface area contributed by atoms with Crippen molar-refractivity contribution in [3.63, 3.8) is 0 Å². The van der Waals surface area contributed by atoms with Crippen LogP contribution in [-0.4, -0.2) is 42.1 Å². The molecule has 0 spiro atoms. The molecule has 0 radical (unpaired) electrons. The minimum Gasteiger partial charge on any atom is -0.357 e. The minimum atomic E-state index is 0. The average Bonchev–Trinajstić information content (AvgIpc) is 2.39. The lowest BCUT2D eigenvalue weighted by Gasteiger charge is -2.30. The van der Waals surface area contributed by atoms with Crippen LogP contribution in [0, 0.1) is 0 Å². The zero-order valence-corrected chi connectivity index (χ0v) is 13.6. The molecule has 1 fully saturated rings. The standard InChI is InChI=1S/C15H26N4.ClH/c1-12(2)18(3)15-7-6-13(9-17-15)10-19-8-4-5-14(16)11-19;/h6-7,9,12,14H,4-5,8,10-11,16H2,1-3H3;1H. The molecule has 4 nitrogen and oxygen atoms in total. The third kappa shape index (κ3) is 4.62. The highest BCUT2D eigenvalue weighted by molar-refractivity contribution is 5.85. The molecule has 114 valence electrons. The first-order valence-corrected chi connectivity index (χ1v) is 7.22. The number of aromatic nitrogens is 1. The van der Waals surface area contributed by atoms with Gasteiger partial charge < -0.3 is 10.6 Å². The summed E-state index contributed by atoms with van der Waals surface area (Å²) in [5.74, 6) is 1.04. The van der Waals surface area contributed by atoms with E-state index < -0.39 is 0 Å². The van der Waals surface area contributed by atoms with E-state index in [0.29, 0.717) is 12.1 Å². The molecule has 0 bridgehead atoms. The number of piperidine rings is 1. The van der Waals surface area contributed by atoms with Gasteiger partial charge in [0.15, 0.2) is 0 Å². The van der Waals surface area contributed by atoms with Gasteiger partial charge in [-0.15, -0.1) is 12.4 Å². The third-order valence-electron chi connectivity index (χ3n) is 3.89. The molecule has 20 heavy (non-hydrogen) atoms. The molecular weight excluding hydrogens is 272 g/mol. The molecule has 2 N–H and O–H groups in total. The Labute approximate surface area is 128 Å². The molecule has 2 rings (SSSR count). The number of pyridine rings is 1. The smallest absolute Gasteiger partial charge is 0.128 e. The van der Waals surface area contributed by atoms with E-state index in [0.717, 1.165) is 31.9 Å². The molecule has 2 heterocycles. The number of likely N-dealkylation sites (tertiary alicyclic amines) is 1. The van der Waals surface area contributed by atoms with Gasteiger partial charge in [-0.2, -0.15) is 0 Å². The van der Waals surface area contributed by atoms with Crippen molar-refractivity contribution in [2.24, 2.45) is 5.73 Å². The van der Waals surface area contributed by atoms with E-state index in [1.807, 2.05) is 6.20 Å². The van der Waals surface area contributed by atoms with E-state index in [1.165, 1.54) is 12.0 Å². The Morgan fingerprint density at radius 2 is 2.20 bits per heavy atom. The number of halogens is 1. The number of rotatable bonds is 4. The SMILES string of the molecule is CC(C)N(C)c1ccc(CN2CCCC(N)C2)cn1.Cl. The summed E-state index contributed by atoms with van der Waals surface area (Å²) in [6.07, 6.45) is 4.37. The molecule has 0 aliphatic carbocycles. The summed E-state index contributed by atoms with van der Waals surface area (Å²) in [4.78, 5) is 9.16. The fourth-order valence-electron chi connectivity index (χ4n) is 2.48. The summed E-state index contributed by atoms with van der Waals surface area (Å²) in [7, 11) is 2.08. The monoisotopic (exact) mass is 298 g/mol. The van der Waals surface area contributed by atoms with Gasteiger partial charge in [0.25, 0.3) is 0 Å². The van der Waals surface area contributed by atoms with Crippen LogP contribution in [0.1, 0.15) is 32.3 Å². The van der Waals surface area contributed by atoms with Crippen molar-refractivity contribution in [2.75, 3.05) is 25.0 Å². The van der Waals surface area contributed by atoms with Gasteiger partial charge in [0.2, 0.25) is 0 Å². The van der Waals surface area contributed by atoms with E-state index in [4.69, 9.17) is 5.73 Å². The van der Waals surface area contributed by atoms with E-state index in [-0.39, 0.29) is 12.4 Å². The van der Waals surface area contributed by atoms with Crippen molar-refractivity contribution in [2.45, 2.75) is 45.3 Å². The van der Waals surface area contributed by atoms with Gasteiger partial charge in [0.1, 0.15) is 5.82 Å². The quantitative estimate of drug-likeness (QED) is 0.926. The molecule has 1 atom stereocenters. The lowest BCUT2D eigenvalue weighted by Crippen LogP contribution is -2.42. The summed E-state index contributed by atoms with van der Waals surface area (Å²) in [5, 5.41) is 0. The van der Waals surface area contributed by atoms with Crippen molar-refractivity contribution >= 4 is 18.2 Å². The number of anilines is 1. The number of hydrogen-bond acceptors (Lipinski definition) is 4. The number of nitrogens with zero attached hydrogens (tertiary/aromatic N) is 3. The van der Waals surface area contributed by atoms with Gasteiger partial charge in [-0.3, -0.25) is 4.90 Å². The van der Waals surface area contributed by atoms with Gasteiger partial charge >= 0.3 is 0 Å². The molecule has 0 amide bonds. The second-order valence-electron chi connectivity index (χ2n) is 5.87. The first-order chi connectivity index (χ1) is 9.06. The Morgan fingerprint density at radius 1 is 1.45 bits per heavy atom. The van der Waals surface area contributed by atoms with Crippen LogP contribution in [0.25, 0.3) is 0 Å². The normalized spacial score (nSPS) is 19.8. The molecule has 1 saturated heterocycles. The fourth-order valence-corrected chi connectivity index (χ4v) is 2.48. The van der Waals surface area contributed by atoms with E-state index in [1.54, 1.807) is 0 Å². The number of hydrogen-bond donors (Lipinski definition) is 1. The van der Waals surface area contributed by atoms with Crippen LogP contribution in [-0.2, 0) is 6.54 Å². The highest BCUT2D eigenvalue weighted by Gasteiger charge is 2.16. The van der Waals surface area contributed by atoms with Crippen LogP contribution >= 0.6 is 12.4 Å². The maximum absolute atomic E-state index is 6.01. The maximum Gasteiger partial charge on any atom is 0.128 e.